The van der Waals surface area contributed by atoms with E-state index < -0.39 is 5.97 Å². The SMILES string of the molecule is CC(=O)Nc1ccc(CC(=O)NCC(=O)O)cc1. The molecule has 0 atom stereocenters. The molecule has 1 aromatic rings. The molecule has 6 nitrogen and oxygen atoms in total. The van der Waals surface area contributed by atoms with Crippen LogP contribution in [0.2, 0.25) is 0 Å². The van der Waals surface area contributed by atoms with Crippen LogP contribution in [-0.4, -0.2) is 29.4 Å². The van der Waals surface area contributed by atoms with Gasteiger partial charge in [0.25, 0.3) is 0 Å². The molecule has 0 spiro atoms. The van der Waals surface area contributed by atoms with Crippen LogP contribution in [-0.2, 0) is 20.8 Å². The second-order valence-electron chi connectivity index (χ2n) is 3.73. The van der Waals surface area contributed by atoms with E-state index in [9.17, 15) is 14.4 Å². The van der Waals surface area contributed by atoms with Crippen LogP contribution in [0.1, 0.15) is 12.5 Å². The van der Waals surface area contributed by atoms with Crippen molar-refractivity contribution in [2.24, 2.45) is 0 Å². The minimum Gasteiger partial charge on any atom is -0.480 e. The van der Waals surface area contributed by atoms with Gasteiger partial charge in [-0.2, -0.15) is 0 Å². The van der Waals surface area contributed by atoms with Crippen molar-refractivity contribution in [1.29, 1.82) is 0 Å². The highest BCUT2D eigenvalue weighted by molar-refractivity contribution is 5.88. The molecule has 1 aromatic carbocycles. The third-order valence-corrected chi connectivity index (χ3v) is 2.08. The third-order valence-electron chi connectivity index (χ3n) is 2.08. The number of rotatable bonds is 5. The second kappa shape index (κ2) is 6.39. The van der Waals surface area contributed by atoms with Gasteiger partial charge in [0.05, 0.1) is 6.42 Å². The Morgan fingerprint density at radius 3 is 2.28 bits per heavy atom. The molecule has 1 rings (SSSR count). The first-order chi connectivity index (χ1) is 8.47. The fourth-order valence-electron chi connectivity index (χ4n) is 1.33. The number of hydrogen-bond acceptors (Lipinski definition) is 3. The number of anilines is 1. The minimum absolute atomic E-state index is 0.105. The van der Waals surface area contributed by atoms with Crippen molar-refractivity contribution >= 4 is 23.5 Å². The van der Waals surface area contributed by atoms with Gasteiger partial charge in [-0.15, -0.1) is 0 Å². The Balaban J connectivity index is 2.50. The minimum atomic E-state index is -1.08. The van der Waals surface area contributed by atoms with E-state index in [0.29, 0.717) is 5.69 Å². The Kier molecular flexibility index (Phi) is 4.86. The van der Waals surface area contributed by atoms with Gasteiger partial charge in [-0.3, -0.25) is 14.4 Å². The molecule has 6 heteroatoms. The Morgan fingerprint density at radius 1 is 1.17 bits per heavy atom. The lowest BCUT2D eigenvalue weighted by Gasteiger charge is -2.05. The number of carboxylic acids is 1. The number of benzene rings is 1. The average molecular weight is 250 g/mol. The molecule has 96 valence electrons. The highest BCUT2D eigenvalue weighted by atomic mass is 16.4. The summed E-state index contributed by atoms with van der Waals surface area (Å²) in [4.78, 5) is 32.4. The van der Waals surface area contributed by atoms with Gasteiger partial charge in [0.1, 0.15) is 6.54 Å². The molecule has 0 radical (unpaired) electrons. The van der Waals surface area contributed by atoms with Crippen molar-refractivity contribution in [2.45, 2.75) is 13.3 Å². The lowest BCUT2D eigenvalue weighted by Crippen LogP contribution is -2.30. The number of carbonyl (C=O) groups excluding carboxylic acids is 2. The largest absolute Gasteiger partial charge is 0.480 e. The topological polar surface area (TPSA) is 95.5 Å². The quantitative estimate of drug-likeness (QED) is 0.704. The van der Waals surface area contributed by atoms with Gasteiger partial charge in [0.15, 0.2) is 0 Å². The number of hydrogen-bond donors (Lipinski definition) is 3. The summed E-state index contributed by atoms with van der Waals surface area (Å²) in [5.74, 6) is -1.60. The molecule has 3 N–H and O–H groups in total. The fourth-order valence-corrected chi connectivity index (χ4v) is 1.33. The van der Waals surface area contributed by atoms with Crippen molar-refractivity contribution < 1.29 is 19.5 Å². The zero-order chi connectivity index (χ0) is 13.5. The number of amides is 2. The number of carboxylic acid groups (broad SMARTS) is 1. The number of carbonyl (C=O) groups is 3. The number of nitrogens with one attached hydrogen (secondary N) is 2. The predicted molar refractivity (Wildman–Crippen MR) is 65.1 cm³/mol. The predicted octanol–water partition coefficient (Wildman–Crippen LogP) is 0.388. The van der Waals surface area contributed by atoms with Crippen molar-refractivity contribution in [3.8, 4) is 0 Å². The van der Waals surface area contributed by atoms with E-state index in [4.69, 9.17) is 5.11 Å². The maximum Gasteiger partial charge on any atom is 0.322 e. The molecule has 0 unspecified atom stereocenters. The van der Waals surface area contributed by atoms with Crippen molar-refractivity contribution in [3.05, 3.63) is 29.8 Å². The van der Waals surface area contributed by atoms with Gasteiger partial charge in [-0.1, -0.05) is 12.1 Å². The lowest BCUT2D eigenvalue weighted by molar-refractivity contribution is -0.137. The Morgan fingerprint density at radius 2 is 1.78 bits per heavy atom. The van der Waals surface area contributed by atoms with Crippen LogP contribution in [0, 0.1) is 0 Å². The molecular weight excluding hydrogens is 236 g/mol. The molecule has 18 heavy (non-hydrogen) atoms. The van der Waals surface area contributed by atoms with Crippen LogP contribution in [0.5, 0.6) is 0 Å². The van der Waals surface area contributed by atoms with Crippen LogP contribution in [0.4, 0.5) is 5.69 Å². The van der Waals surface area contributed by atoms with Crippen LogP contribution < -0.4 is 10.6 Å². The van der Waals surface area contributed by atoms with E-state index in [1.54, 1.807) is 24.3 Å². The van der Waals surface area contributed by atoms with Crippen molar-refractivity contribution in [2.75, 3.05) is 11.9 Å². The zero-order valence-corrected chi connectivity index (χ0v) is 9.90. The summed E-state index contributed by atoms with van der Waals surface area (Å²) in [5.41, 5.74) is 1.39. The summed E-state index contributed by atoms with van der Waals surface area (Å²) >= 11 is 0. The van der Waals surface area contributed by atoms with Crippen LogP contribution in [0.15, 0.2) is 24.3 Å². The summed E-state index contributed by atoms with van der Waals surface area (Å²) in [6.07, 6.45) is 0.105. The summed E-state index contributed by atoms with van der Waals surface area (Å²) in [5, 5.41) is 13.3. The summed E-state index contributed by atoms with van der Waals surface area (Å²) in [6, 6.07) is 6.76. The molecule has 2 amide bonds. The lowest BCUT2D eigenvalue weighted by atomic mass is 10.1. The van der Waals surface area contributed by atoms with E-state index >= 15 is 0 Å². The molecule has 0 aliphatic heterocycles. The third kappa shape index (κ3) is 5.11. The van der Waals surface area contributed by atoms with E-state index in [-0.39, 0.29) is 24.8 Å². The van der Waals surface area contributed by atoms with E-state index in [0.717, 1.165) is 5.56 Å². The smallest absolute Gasteiger partial charge is 0.322 e. The molecule has 0 fully saturated rings. The Hall–Kier alpha value is -2.37. The average Bonchev–Trinajstić information content (AvgIpc) is 2.28. The maximum atomic E-state index is 11.3. The standard InChI is InChI=1S/C12H14N2O4/c1-8(15)14-10-4-2-9(3-5-10)6-11(16)13-7-12(17)18/h2-5H,6-7H2,1H3,(H,13,16)(H,14,15)(H,17,18). The van der Waals surface area contributed by atoms with Gasteiger partial charge >= 0.3 is 5.97 Å². The maximum absolute atomic E-state index is 11.3. The van der Waals surface area contributed by atoms with Gasteiger partial charge in [0, 0.05) is 12.6 Å². The van der Waals surface area contributed by atoms with E-state index in [1.807, 2.05) is 0 Å². The normalized spacial score (nSPS) is 9.61. The molecule has 0 aliphatic rings. The van der Waals surface area contributed by atoms with Gasteiger partial charge in [-0.25, -0.2) is 0 Å². The van der Waals surface area contributed by atoms with E-state index in [2.05, 4.69) is 10.6 Å². The summed E-state index contributed by atoms with van der Waals surface area (Å²) in [6.45, 7) is 1.02. The molecule has 0 bridgehead atoms. The molecule has 0 aromatic heterocycles. The molecule has 0 heterocycles. The van der Waals surface area contributed by atoms with E-state index in [1.165, 1.54) is 6.92 Å². The van der Waals surface area contributed by atoms with Gasteiger partial charge in [-0.05, 0) is 17.7 Å². The Bertz CT molecular complexity index is 454. The monoisotopic (exact) mass is 250 g/mol. The van der Waals surface area contributed by atoms with Gasteiger partial charge < -0.3 is 15.7 Å². The molecule has 0 saturated carbocycles. The molecular formula is C12H14N2O4. The first kappa shape index (κ1) is 13.7. The van der Waals surface area contributed by atoms with Crippen molar-refractivity contribution in [3.63, 3.8) is 0 Å². The highest BCUT2D eigenvalue weighted by Crippen LogP contribution is 2.09. The first-order valence-electron chi connectivity index (χ1n) is 5.32. The molecule has 0 aliphatic carbocycles. The first-order valence-corrected chi connectivity index (χ1v) is 5.32. The van der Waals surface area contributed by atoms with Crippen molar-refractivity contribution in [1.82, 2.24) is 5.32 Å². The second-order valence-corrected chi connectivity index (χ2v) is 3.73. The van der Waals surface area contributed by atoms with Crippen LogP contribution in [0.25, 0.3) is 0 Å². The van der Waals surface area contributed by atoms with Crippen LogP contribution in [0.3, 0.4) is 0 Å². The summed E-state index contributed by atoms with van der Waals surface area (Å²) < 4.78 is 0. The summed E-state index contributed by atoms with van der Waals surface area (Å²) in [7, 11) is 0. The Labute approximate surface area is 104 Å². The fraction of sp³-hybridized carbons (Fsp3) is 0.250. The number of aliphatic carboxylic acids is 1. The highest BCUT2D eigenvalue weighted by Gasteiger charge is 2.05. The zero-order valence-electron chi connectivity index (χ0n) is 9.90. The molecule has 0 saturated heterocycles. The van der Waals surface area contributed by atoms with Crippen LogP contribution >= 0.6 is 0 Å². The van der Waals surface area contributed by atoms with Gasteiger partial charge in [0.2, 0.25) is 11.8 Å².